The highest BCUT2D eigenvalue weighted by Crippen LogP contribution is 2.37. The molecule has 24 heavy (non-hydrogen) atoms. The molecule has 0 bridgehead atoms. The molecule has 3 rings (SSSR count). The maximum absolute atomic E-state index is 12.8. The van der Waals surface area contributed by atoms with Gasteiger partial charge in [0.2, 0.25) is 5.54 Å². The zero-order valence-electron chi connectivity index (χ0n) is 14.4. The molecule has 0 aliphatic carbocycles. The summed E-state index contributed by atoms with van der Waals surface area (Å²) in [5.74, 6) is -1.02. The Balaban J connectivity index is 1.86. The van der Waals surface area contributed by atoms with Crippen LogP contribution in [0.15, 0.2) is 30.3 Å². The van der Waals surface area contributed by atoms with Gasteiger partial charge in [0.1, 0.15) is 5.60 Å². The van der Waals surface area contributed by atoms with Crippen LogP contribution in [0.2, 0.25) is 0 Å². The van der Waals surface area contributed by atoms with E-state index in [4.69, 9.17) is 9.47 Å². The molecule has 2 heterocycles. The minimum atomic E-state index is -1.35. The van der Waals surface area contributed by atoms with E-state index >= 15 is 0 Å². The summed E-state index contributed by atoms with van der Waals surface area (Å²) in [7, 11) is 0. The number of nitrogens with zero attached hydrogens (tertiary/aromatic N) is 2. The van der Waals surface area contributed by atoms with Crippen molar-refractivity contribution in [3.63, 3.8) is 0 Å². The zero-order valence-corrected chi connectivity index (χ0v) is 14.4. The minimum Gasteiger partial charge on any atom is -0.458 e. The number of esters is 2. The van der Waals surface area contributed by atoms with E-state index in [1.807, 2.05) is 40.3 Å². The van der Waals surface area contributed by atoms with E-state index in [-0.39, 0.29) is 6.73 Å². The highest BCUT2D eigenvalue weighted by molar-refractivity contribution is 6.05. The minimum absolute atomic E-state index is 0.151. The number of rotatable bonds is 3. The summed E-state index contributed by atoms with van der Waals surface area (Å²) in [6, 6.07) is 9.93. The van der Waals surface area contributed by atoms with Crippen LogP contribution in [0.3, 0.4) is 0 Å². The van der Waals surface area contributed by atoms with Crippen LogP contribution in [0.1, 0.15) is 39.2 Å². The zero-order chi connectivity index (χ0) is 17.4. The van der Waals surface area contributed by atoms with Crippen molar-refractivity contribution in [3.05, 3.63) is 35.9 Å². The monoisotopic (exact) mass is 332 g/mol. The molecule has 0 amide bonds. The fourth-order valence-electron chi connectivity index (χ4n) is 3.30. The van der Waals surface area contributed by atoms with Crippen molar-refractivity contribution in [2.24, 2.45) is 0 Å². The van der Waals surface area contributed by atoms with Crippen molar-refractivity contribution >= 4 is 11.9 Å². The van der Waals surface area contributed by atoms with Crippen LogP contribution in [0.4, 0.5) is 0 Å². The Morgan fingerprint density at radius 1 is 1.29 bits per heavy atom. The molecular formula is C18H24N2O4. The molecule has 1 aromatic rings. The number of ether oxygens (including phenoxy) is 2. The quantitative estimate of drug-likeness (QED) is 0.624. The van der Waals surface area contributed by atoms with Crippen molar-refractivity contribution in [1.29, 1.82) is 0 Å². The van der Waals surface area contributed by atoms with E-state index < -0.39 is 23.1 Å². The lowest BCUT2D eigenvalue weighted by Gasteiger charge is -2.45. The van der Waals surface area contributed by atoms with E-state index in [1.165, 1.54) is 0 Å². The summed E-state index contributed by atoms with van der Waals surface area (Å²) in [5, 5.41) is 3.77. The molecule has 0 N–H and O–H groups in total. The molecule has 0 aromatic heterocycles. The fourth-order valence-corrected chi connectivity index (χ4v) is 3.30. The number of cyclic esters (lactones) is 1. The summed E-state index contributed by atoms with van der Waals surface area (Å²) in [4.78, 5) is 25.4. The predicted molar refractivity (Wildman–Crippen MR) is 87.5 cm³/mol. The molecule has 2 saturated heterocycles. The Kier molecular flexibility index (Phi) is 4.36. The fraction of sp³-hybridized carbons (Fsp3) is 0.556. The van der Waals surface area contributed by atoms with Gasteiger partial charge in [-0.15, -0.1) is 0 Å². The predicted octanol–water partition coefficient (Wildman–Crippen LogP) is 2.09. The number of fused-ring (bicyclic) bond motifs is 1. The van der Waals surface area contributed by atoms with Crippen LogP contribution < -0.4 is 0 Å². The number of hydrogen-bond acceptors (Lipinski definition) is 6. The van der Waals surface area contributed by atoms with E-state index in [0.29, 0.717) is 19.5 Å². The summed E-state index contributed by atoms with van der Waals surface area (Å²) >= 11 is 0. The molecule has 1 atom stereocenters. The second kappa shape index (κ2) is 6.18. The van der Waals surface area contributed by atoms with Gasteiger partial charge in [0.15, 0.2) is 6.73 Å². The van der Waals surface area contributed by atoms with Crippen molar-refractivity contribution in [3.8, 4) is 0 Å². The Bertz CT molecular complexity index is 626. The molecule has 1 aromatic carbocycles. The number of benzene rings is 1. The Labute approximate surface area is 142 Å². The maximum atomic E-state index is 12.8. The largest absolute Gasteiger partial charge is 0.458 e. The number of hydrogen-bond donors (Lipinski definition) is 0. The van der Waals surface area contributed by atoms with E-state index in [1.54, 1.807) is 20.8 Å². The first-order valence-corrected chi connectivity index (χ1v) is 8.30. The smallest absolute Gasteiger partial charge is 0.341 e. The number of hydrazine groups is 1. The third-order valence-corrected chi connectivity index (χ3v) is 4.32. The first-order valence-electron chi connectivity index (χ1n) is 8.30. The first kappa shape index (κ1) is 16.9. The Hall–Kier alpha value is -1.92. The van der Waals surface area contributed by atoms with Crippen LogP contribution in [-0.2, 0) is 25.6 Å². The summed E-state index contributed by atoms with van der Waals surface area (Å²) in [5.41, 5.74) is -0.900. The van der Waals surface area contributed by atoms with Crippen molar-refractivity contribution in [2.75, 3.05) is 13.3 Å². The van der Waals surface area contributed by atoms with Gasteiger partial charge in [0, 0.05) is 13.1 Å². The second-order valence-electron chi connectivity index (χ2n) is 7.30. The molecule has 2 aliphatic rings. The highest BCUT2D eigenvalue weighted by Gasteiger charge is 2.61. The van der Waals surface area contributed by atoms with Gasteiger partial charge in [-0.25, -0.2) is 19.6 Å². The normalized spacial score (nSPS) is 25.2. The molecule has 2 aliphatic heterocycles. The van der Waals surface area contributed by atoms with Gasteiger partial charge in [-0.2, -0.15) is 0 Å². The molecule has 6 nitrogen and oxygen atoms in total. The van der Waals surface area contributed by atoms with Gasteiger partial charge in [-0.3, -0.25) is 0 Å². The van der Waals surface area contributed by atoms with Crippen molar-refractivity contribution < 1.29 is 19.1 Å². The summed E-state index contributed by atoms with van der Waals surface area (Å²) in [6.07, 6.45) is 1.17. The van der Waals surface area contributed by atoms with E-state index in [2.05, 4.69) is 0 Å². The Morgan fingerprint density at radius 2 is 2.00 bits per heavy atom. The van der Waals surface area contributed by atoms with Gasteiger partial charge in [0.05, 0.1) is 0 Å². The lowest BCUT2D eigenvalue weighted by atomic mass is 9.96. The number of carbonyl (C=O) groups excluding carboxylic acids is 2. The average molecular weight is 332 g/mol. The topological polar surface area (TPSA) is 59.1 Å². The molecule has 0 saturated carbocycles. The third-order valence-electron chi connectivity index (χ3n) is 4.32. The molecule has 0 unspecified atom stereocenters. The standard InChI is InChI=1S/C18H24N2O4/c1-17(2,3)24-16(22)18-10-7-11-20(18)19(13-23-15(18)21)12-14-8-5-4-6-9-14/h4-6,8-9H,7,10-13H2,1-3H3/t18-/m0/s1. The van der Waals surface area contributed by atoms with Crippen molar-refractivity contribution in [2.45, 2.75) is 51.3 Å². The van der Waals surface area contributed by atoms with Crippen LogP contribution in [0, 0.1) is 0 Å². The van der Waals surface area contributed by atoms with E-state index in [0.717, 1.165) is 12.0 Å². The molecule has 2 fully saturated rings. The van der Waals surface area contributed by atoms with Crippen LogP contribution in [0.5, 0.6) is 0 Å². The molecule has 130 valence electrons. The van der Waals surface area contributed by atoms with Gasteiger partial charge < -0.3 is 9.47 Å². The second-order valence-corrected chi connectivity index (χ2v) is 7.30. The molecule has 0 radical (unpaired) electrons. The highest BCUT2D eigenvalue weighted by atomic mass is 16.6. The van der Waals surface area contributed by atoms with Gasteiger partial charge in [-0.05, 0) is 39.2 Å². The van der Waals surface area contributed by atoms with Crippen LogP contribution in [0.25, 0.3) is 0 Å². The van der Waals surface area contributed by atoms with Gasteiger partial charge >= 0.3 is 11.9 Å². The first-order chi connectivity index (χ1) is 11.3. The van der Waals surface area contributed by atoms with Crippen LogP contribution in [-0.4, -0.2) is 46.4 Å². The molecule has 0 spiro atoms. The lowest BCUT2D eigenvalue weighted by Crippen LogP contribution is -2.67. The third kappa shape index (κ3) is 3.03. The van der Waals surface area contributed by atoms with E-state index in [9.17, 15) is 9.59 Å². The van der Waals surface area contributed by atoms with Crippen molar-refractivity contribution in [1.82, 2.24) is 10.0 Å². The lowest BCUT2D eigenvalue weighted by molar-refractivity contribution is -0.229. The van der Waals surface area contributed by atoms with Gasteiger partial charge in [-0.1, -0.05) is 30.3 Å². The van der Waals surface area contributed by atoms with Crippen LogP contribution >= 0.6 is 0 Å². The molecular weight excluding hydrogens is 308 g/mol. The number of carbonyl (C=O) groups is 2. The maximum Gasteiger partial charge on any atom is 0.341 e. The summed E-state index contributed by atoms with van der Waals surface area (Å²) in [6.45, 7) is 6.78. The Morgan fingerprint density at radius 3 is 2.67 bits per heavy atom. The van der Waals surface area contributed by atoms with Gasteiger partial charge in [0.25, 0.3) is 0 Å². The molecule has 6 heteroatoms. The SMILES string of the molecule is CC(C)(C)OC(=O)[C@@]12CCCN1N(Cc1ccccc1)COC2=O. The average Bonchev–Trinajstić information content (AvgIpc) is 2.97. The summed E-state index contributed by atoms with van der Waals surface area (Å²) < 4.78 is 10.9.